The van der Waals surface area contributed by atoms with Crippen LogP contribution in [0.5, 0.6) is 5.75 Å². The number of aromatic amines is 1. The van der Waals surface area contributed by atoms with Gasteiger partial charge < -0.3 is 15.5 Å². The summed E-state index contributed by atoms with van der Waals surface area (Å²) >= 11 is 6.10. The lowest BCUT2D eigenvalue weighted by Gasteiger charge is -2.14. The zero-order chi connectivity index (χ0) is 13.4. The number of nitrogen functional groups attached to an aromatic ring is 1. The van der Waals surface area contributed by atoms with Crippen molar-refractivity contribution in [3.63, 3.8) is 0 Å². The number of imidazole rings is 1. The smallest absolute Gasteiger partial charge is 0.199 e. The third-order valence-electron chi connectivity index (χ3n) is 3.16. The first-order valence-electron chi connectivity index (χ1n) is 5.61. The molecule has 0 amide bonds. The van der Waals surface area contributed by atoms with E-state index in [1.165, 1.54) is 0 Å². The van der Waals surface area contributed by atoms with Crippen molar-refractivity contribution in [2.45, 2.75) is 20.8 Å². The minimum atomic E-state index is 0.320. The van der Waals surface area contributed by atoms with Crippen molar-refractivity contribution in [1.29, 1.82) is 0 Å². The lowest BCUT2D eigenvalue weighted by molar-refractivity contribution is 0.408. The van der Waals surface area contributed by atoms with E-state index in [0.717, 1.165) is 28.0 Å². The van der Waals surface area contributed by atoms with Gasteiger partial charge in [0.25, 0.3) is 0 Å². The van der Waals surface area contributed by atoms with Crippen LogP contribution in [0.25, 0.3) is 11.3 Å². The Morgan fingerprint density at radius 1 is 1.28 bits per heavy atom. The van der Waals surface area contributed by atoms with Gasteiger partial charge in [0.15, 0.2) is 5.95 Å². The Bertz CT molecular complexity index is 605. The number of hydrogen-bond donors (Lipinski definition) is 2. The number of ether oxygens (including phenoxy) is 1. The molecule has 1 aromatic heterocycles. The predicted molar refractivity (Wildman–Crippen MR) is 74.2 cm³/mol. The number of anilines is 1. The molecular weight excluding hydrogens is 250 g/mol. The number of H-pyrrole nitrogens is 1. The quantitative estimate of drug-likeness (QED) is 0.876. The Morgan fingerprint density at radius 3 is 2.44 bits per heavy atom. The van der Waals surface area contributed by atoms with Gasteiger partial charge in [-0.25, -0.2) is 4.98 Å². The topological polar surface area (TPSA) is 63.9 Å². The Kier molecular flexibility index (Phi) is 3.22. The minimum Gasteiger partial charge on any atom is -0.496 e. The molecule has 0 atom stereocenters. The number of nitrogens with two attached hydrogens (primary N) is 1. The highest BCUT2D eigenvalue weighted by atomic mass is 35.5. The molecule has 4 nitrogen and oxygen atoms in total. The van der Waals surface area contributed by atoms with Crippen LogP contribution < -0.4 is 10.5 Å². The summed E-state index contributed by atoms with van der Waals surface area (Å²) in [6.45, 7) is 6.04. The summed E-state index contributed by atoms with van der Waals surface area (Å²) in [5, 5.41) is 0.458. The largest absolute Gasteiger partial charge is 0.496 e. The second-order valence-electron chi connectivity index (χ2n) is 4.31. The number of methoxy groups -OCH3 is 1. The normalized spacial score (nSPS) is 10.7. The molecule has 0 unspecified atom stereocenters. The van der Waals surface area contributed by atoms with Gasteiger partial charge in [0.05, 0.1) is 7.11 Å². The molecule has 0 aliphatic heterocycles. The van der Waals surface area contributed by atoms with Crippen LogP contribution in [0.4, 0.5) is 5.95 Å². The van der Waals surface area contributed by atoms with Gasteiger partial charge in [-0.3, -0.25) is 0 Å². The van der Waals surface area contributed by atoms with Gasteiger partial charge in [-0.15, -0.1) is 0 Å². The Hall–Kier alpha value is -1.68. The van der Waals surface area contributed by atoms with E-state index in [4.69, 9.17) is 22.1 Å². The average Bonchev–Trinajstić information content (AvgIpc) is 2.64. The molecule has 0 fully saturated rings. The van der Waals surface area contributed by atoms with Crippen molar-refractivity contribution in [3.8, 4) is 17.0 Å². The van der Waals surface area contributed by atoms with Crippen LogP contribution in [0.1, 0.15) is 16.7 Å². The summed E-state index contributed by atoms with van der Waals surface area (Å²) in [6.07, 6.45) is 0. The molecule has 96 valence electrons. The van der Waals surface area contributed by atoms with E-state index in [1.807, 2.05) is 26.8 Å². The minimum absolute atomic E-state index is 0.320. The molecule has 5 heteroatoms. The van der Waals surface area contributed by atoms with E-state index in [-0.39, 0.29) is 0 Å². The number of halogens is 1. The van der Waals surface area contributed by atoms with Crippen LogP contribution in [-0.4, -0.2) is 17.1 Å². The highest BCUT2D eigenvalue weighted by molar-refractivity contribution is 6.32. The molecule has 0 spiro atoms. The van der Waals surface area contributed by atoms with Gasteiger partial charge in [0.2, 0.25) is 0 Å². The maximum absolute atomic E-state index is 6.10. The van der Waals surface area contributed by atoms with Crippen molar-refractivity contribution in [2.75, 3.05) is 12.8 Å². The highest BCUT2D eigenvalue weighted by Gasteiger charge is 2.16. The van der Waals surface area contributed by atoms with Crippen molar-refractivity contribution >= 4 is 17.5 Å². The van der Waals surface area contributed by atoms with Crippen LogP contribution in [0.2, 0.25) is 5.15 Å². The Labute approximate surface area is 111 Å². The van der Waals surface area contributed by atoms with Gasteiger partial charge >= 0.3 is 0 Å². The molecule has 0 aliphatic rings. The number of nitrogens with zero attached hydrogens (tertiary/aromatic N) is 1. The van der Waals surface area contributed by atoms with E-state index < -0.39 is 0 Å². The molecule has 1 aromatic carbocycles. The first-order chi connectivity index (χ1) is 8.45. The zero-order valence-electron chi connectivity index (χ0n) is 10.9. The summed E-state index contributed by atoms with van der Waals surface area (Å²) in [7, 11) is 1.67. The van der Waals surface area contributed by atoms with Crippen LogP contribution >= 0.6 is 11.6 Å². The van der Waals surface area contributed by atoms with Crippen LogP contribution in [0, 0.1) is 20.8 Å². The first-order valence-corrected chi connectivity index (χ1v) is 5.99. The van der Waals surface area contributed by atoms with E-state index in [9.17, 15) is 0 Å². The van der Waals surface area contributed by atoms with Crippen LogP contribution in [-0.2, 0) is 0 Å². The average molecular weight is 266 g/mol. The van der Waals surface area contributed by atoms with Gasteiger partial charge in [-0.2, -0.15) is 0 Å². The number of hydrogen-bond acceptors (Lipinski definition) is 3. The van der Waals surface area contributed by atoms with Gasteiger partial charge in [-0.1, -0.05) is 11.6 Å². The Morgan fingerprint density at radius 2 is 1.94 bits per heavy atom. The molecule has 3 N–H and O–H groups in total. The summed E-state index contributed by atoms with van der Waals surface area (Å²) in [5.74, 6) is 1.22. The molecule has 18 heavy (non-hydrogen) atoms. The molecule has 0 aliphatic carbocycles. The van der Waals surface area contributed by atoms with E-state index in [1.54, 1.807) is 7.11 Å². The summed E-state index contributed by atoms with van der Waals surface area (Å²) < 4.78 is 5.40. The van der Waals surface area contributed by atoms with Gasteiger partial charge in [-0.05, 0) is 43.5 Å². The summed E-state index contributed by atoms with van der Waals surface area (Å²) in [4.78, 5) is 7.03. The highest BCUT2D eigenvalue weighted by Crippen LogP contribution is 2.36. The number of rotatable bonds is 2. The summed E-state index contributed by atoms with van der Waals surface area (Å²) in [6, 6.07) is 2.02. The number of aromatic nitrogens is 2. The zero-order valence-corrected chi connectivity index (χ0v) is 11.6. The SMILES string of the molecule is COc1c(C)cc(-c2nc(N)[nH]c2Cl)c(C)c1C. The lowest BCUT2D eigenvalue weighted by atomic mass is 9.97. The maximum Gasteiger partial charge on any atom is 0.199 e. The predicted octanol–water partition coefficient (Wildman–Crippen LogP) is 3.25. The van der Waals surface area contributed by atoms with E-state index in [2.05, 4.69) is 9.97 Å². The second kappa shape index (κ2) is 4.53. The van der Waals surface area contributed by atoms with E-state index in [0.29, 0.717) is 16.8 Å². The summed E-state index contributed by atoms with van der Waals surface area (Å²) in [5.41, 5.74) is 10.5. The van der Waals surface area contributed by atoms with Crippen molar-refractivity contribution < 1.29 is 4.74 Å². The fourth-order valence-corrected chi connectivity index (χ4v) is 2.41. The molecule has 0 saturated carbocycles. The Balaban J connectivity index is 2.70. The molecule has 2 rings (SSSR count). The van der Waals surface area contributed by atoms with Gasteiger partial charge in [0.1, 0.15) is 16.6 Å². The fraction of sp³-hybridized carbons (Fsp3) is 0.308. The van der Waals surface area contributed by atoms with Crippen molar-refractivity contribution in [3.05, 3.63) is 27.9 Å². The molecule has 0 bridgehead atoms. The monoisotopic (exact) mass is 265 g/mol. The molecular formula is C13H16ClN3O. The third kappa shape index (κ3) is 1.93. The number of nitrogens with one attached hydrogen (secondary N) is 1. The standard InChI is InChI=1S/C13H16ClN3O/c1-6-5-9(7(2)8(3)11(6)18-4)10-12(14)17-13(15)16-10/h5H,1-4H3,(H3,15,16,17). The molecule has 2 aromatic rings. The molecule has 0 saturated heterocycles. The van der Waals surface area contributed by atoms with Crippen LogP contribution in [0.15, 0.2) is 6.07 Å². The van der Waals surface area contributed by atoms with Gasteiger partial charge in [0, 0.05) is 5.56 Å². The number of benzene rings is 1. The molecule has 1 heterocycles. The van der Waals surface area contributed by atoms with Crippen molar-refractivity contribution in [1.82, 2.24) is 9.97 Å². The second-order valence-corrected chi connectivity index (χ2v) is 4.69. The molecule has 0 radical (unpaired) electrons. The number of aryl methyl sites for hydroxylation is 1. The van der Waals surface area contributed by atoms with Crippen LogP contribution in [0.3, 0.4) is 0 Å². The first kappa shape index (κ1) is 12.8. The van der Waals surface area contributed by atoms with Crippen molar-refractivity contribution in [2.24, 2.45) is 0 Å². The van der Waals surface area contributed by atoms with E-state index >= 15 is 0 Å². The third-order valence-corrected chi connectivity index (χ3v) is 3.44. The fourth-order valence-electron chi connectivity index (χ4n) is 2.17. The lowest BCUT2D eigenvalue weighted by Crippen LogP contribution is -1.97. The maximum atomic E-state index is 6.10.